The van der Waals surface area contributed by atoms with E-state index in [1.165, 1.54) is 26.2 Å². The van der Waals surface area contributed by atoms with Crippen LogP contribution in [-0.4, -0.2) is 6.29 Å². The molecular formula is C23H42O. The van der Waals surface area contributed by atoms with Gasteiger partial charge >= 0.3 is 0 Å². The Morgan fingerprint density at radius 1 is 0.792 bits per heavy atom. The van der Waals surface area contributed by atoms with Gasteiger partial charge in [0.2, 0.25) is 0 Å². The van der Waals surface area contributed by atoms with E-state index in [0.717, 1.165) is 40.8 Å². The van der Waals surface area contributed by atoms with Gasteiger partial charge in [0, 0.05) is 0 Å². The highest BCUT2D eigenvalue weighted by atomic mass is 16.1. The number of carbonyl (C=O) groups is 1. The van der Waals surface area contributed by atoms with Crippen LogP contribution in [0.3, 0.4) is 0 Å². The summed E-state index contributed by atoms with van der Waals surface area (Å²) in [6.45, 7) is 10.8. The minimum Gasteiger partial charge on any atom is -0.304 e. The molecule has 0 amide bonds. The number of aldehydes is 1. The molecule has 0 bridgehead atoms. The molecule has 1 nitrogen and oxygen atoms in total. The van der Waals surface area contributed by atoms with Crippen LogP contribution >= 0.6 is 0 Å². The predicted molar refractivity (Wildman–Crippen MR) is 104 cm³/mol. The van der Waals surface area contributed by atoms with E-state index in [2.05, 4.69) is 13.8 Å². The molecule has 6 unspecified atom stereocenters. The Morgan fingerprint density at radius 2 is 1.50 bits per heavy atom. The van der Waals surface area contributed by atoms with Crippen molar-refractivity contribution >= 4 is 6.29 Å². The van der Waals surface area contributed by atoms with Crippen LogP contribution in [0.15, 0.2) is 0 Å². The fourth-order valence-electron chi connectivity index (χ4n) is 7.29. The van der Waals surface area contributed by atoms with Crippen molar-refractivity contribution in [2.24, 2.45) is 34.5 Å². The van der Waals surface area contributed by atoms with Gasteiger partial charge in [0.15, 0.2) is 0 Å². The molecule has 0 spiro atoms. The van der Waals surface area contributed by atoms with Gasteiger partial charge in [-0.05, 0) is 92.8 Å². The van der Waals surface area contributed by atoms with Gasteiger partial charge in [0.1, 0.15) is 6.29 Å². The van der Waals surface area contributed by atoms with E-state index in [4.69, 9.17) is 4.79 Å². The molecule has 4 aliphatic carbocycles. The summed E-state index contributed by atoms with van der Waals surface area (Å²) in [5, 5.41) is 0. The fraction of sp³-hybridized carbons (Fsp3) is 0.957. The van der Waals surface area contributed by atoms with E-state index in [1.54, 1.807) is 51.4 Å². The number of hydrogen-bond acceptors (Lipinski definition) is 1. The molecule has 4 saturated carbocycles. The van der Waals surface area contributed by atoms with Gasteiger partial charge in [-0.1, -0.05) is 47.0 Å². The minimum absolute atomic E-state index is 0.741. The first-order valence-electron chi connectivity index (χ1n) is 10.9. The Kier molecular flexibility index (Phi) is 6.97. The third kappa shape index (κ3) is 3.47. The molecule has 0 aromatic carbocycles. The topological polar surface area (TPSA) is 17.1 Å². The average molecular weight is 335 g/mol. The van der Waals surface area contributed by atoms with Crippen LogP contribution in [0.2, 0.25) is 0 Å². The molecule has 24 heavy (non-hydrogen) atoms. The number of fused-ring (bicyclic) bond motifs is 5. The lowest BCUT2D eigenvalue weighted by molar-refractivity contribution is -0.106. The van der Waals surface area contributed by atoms with Crippen LogP contribution in [0.5, 0.6) is 0 Å². The van der Waals surface area contributed by atoms with E-state index >= 15 is 0 Å². The van der Waals surface area contributed by atoms with E-state index in [0.29, 0.717) is 0 Å². The van der Waals surface area contributed by atoms with Gasteiger partial charge in [-0.25, -0.2) is 0 Å². The van der Waals surface area contributed by atoms with E-state index in [1.807, 2.05) is 13.8 Å². The third-order valence-corrected chi connectivity index (χ3v) is 8.36. The molecular weight excluding hydrogens is 292 g/mol. The maximum absolute atomic E-state index is 8.81. The number of carbonyl (C=O) groups excluding carboxylic acids is 1. The van der Waals surface area contributed by atoms with Gasteiger partial charge in [-0.2, -0.15) is 0 Å². The third-order valence-electron chi connectivity index (χ3n) is 8.36. The van der Waals surface area contributed by atoms with Crippen molar-refractivity contribution in [2.45, 2.75) is 105 Å². The Bertz CT molecular complexity index is 403. The summed E-state index contributed by atoms with van der Waals surface area (Å²) in [6.07, 6.45) is 17.9. The Hall–Kier alpha value is -0.330. The molecule has 4 rings (SSSR count). The van der Waals surface area contributed by atoms with Crippen molar-refractivity contribution in [3.8, 4) is 0 Å². The summed E-state index contributed by atoms with van der Waals surface area (Å²) in [7, 11) is 0. The van der Waals surface area contributed by atoms with E-state index in [-0.39, 0.29) is 0 Å². The molecule has 0 aromatic heterocycles. The lowest BCUT2D eigenvalue weighted by atomic mass is 9.45. The zero-order chi connectivity index (χ0) is 17.8. The first-order valence-corrected chi connectivity index (χ1v) is 10.9. The Labute approximate surface area is 151 Å². The van der Waals surface area contributed by atoms with E-state index in [9.17, 15) is 0 Å². The molecule has 4 aliphatic rings. The number of rotatable bonds is 0. The van der Waals surface area contributed by atoms with Crippen LogP contribution in [0.25, 0.3) is 0 Å². The molecule has 0 aromatic rings. The molecule has 0 heterocycles. The van der Waals surface area contributed by atoms with Crippen LogP contribution in [-0.2, 0) is 4.79 Å². The lowest BCUT2D eigenvalue weighted by Crippen LogP contribution is -2.51. The number of hydrogen-bond donors (Lipinski definition) is 0. The summed E-state index contributed by atoms with van der Waals surface area (Å²) in [5.74, 6) is 4.41. The zero-order valence-electron chi connectivity index (χ0n) is 17.1. The predicted octanol–water partition coefficient (Wildman–Crippen LogP) is 7.04. The van der Waals surface area contributed by atoms with Gasteiger partial charge in [0.05, 0.1) is 0 Å². The monoisotopic (exact) mass is 334 g/mol. The maximum atomic E-state index is 8.81. The molecule has 4 fully saturated rings. The van der Waals surface area contributed by atoms with Crippen LogP contribution in [0.1, 0.15) is 105 Å². The van der Waals surface area contributed by atoms with Gasteiger partial charge in [-0.3, -0.25) is 0 Å². The lowest BCUT2D eigenvalue weighted by Gasteiger charge is -2.60. The molecule has 0 saturated heterocycles. The standard InChI is InChI=1S/C19H32.C2H4O.C2H6/c1-18-11-5-7-16(18)15-9-8-14-6-3-4-12-19(14,2)17(15)10-13-18;1-2-3;1-2/h14-17H,3-13H2,1-2H3;2H,1H3;1-2H3. The van der Waals surface area contributed by atoms with Gasteiger partial charge < -0.3 is 4.79 Å². The average Bonchev–Trinajstić information content (AvgIpc) is 2.99. The molecule has 6 atom stereocenters. The van der Waals surface area contributed by atoms with Crippen molar-refractivity contribution in [1.29, 1.82) is 0 Å². The second kappa shape index (κ2) is 8.37. The van der Waals surface area contributed by atoms with Crippen LogP contribution in [0.4, 0.5) is 0 Å². The first kappa shape index (κ1) is 20.0. The summed E-state index contributed by atoms with van der Waals surface area (Å²) in [5.41, 5.74) is 1.49. The van der Waals surface area contributed by atoms with Crippen molar-refractivity contribution < 1.29 is 4.79 Å². The highest BCUT2D eigenvalue weighted by Crippen LogP contribution is 2.66. The zero-order valence-corrected chi connectivity index (χ0v) is 17.1. The highest BCUT2D eigenvalue weighted by Gasteiger charge is 2.56. The maximum Gasteiger partial charge on any atom is 0.116 e. The van der Waals surface area contributed by atoms with Crippen molar-refractivity contribution in [3.63, 3.8) is 0 Å². The van der Waals surface area contributed by atoms with Crippen molar-refractivity contribution in [2.75, 3.05) is 0 Å². The summed E-state index contributed by atoms with van der Waals surface area (Å²) in [6, 6.07) is 0. The van der Waals surface area contributed by atoms with Crippen LogP contribution < -0.4 is 0 Å². The van der Waals surface area contributed by atoms with Crippen molar-refractivity contribution in [1.82, 2.24) is 0 Å². The molecule has 140 valence electrons. The second-order valence-corrected chi connectivity index (χ2v) is 9.22. The Balaban J connectivity index is 0.000000378. The normalized spacial score (nSPS) is 46.0. The summed E-state index contributed by atoms with van der Waals surface area (Å²) < 4.78 is 0. The fourth-order valence-corrected chi connectivity index (χ4v) is 7.29. The van der Waals surface area contributed by atoms with E-state index < -0.39 is 0 Å². The minimum atomic E-state index is 0.741. The second-order valence-electron chi connectivity index (χ2n) is 9.22. The van der Waals surface area contributed by atoms with Crippen molar-refractivity contribution in [3.05, 3.63) is 0 Å². The first-order chi connectivity index (χ1) is 11.5. The molecule has 1 heteroatoms. The van der Waals surface area contributed by atoms with Crippen LogP contribution in [0, 0.1) is 34.5 Å². The quantitative estimate of drug-likeness (QED) is 0.434. The Morgan fingerprint density at radius 3 is 2.21 bits per heavy atom. The highest BCUT2D eigenvalue weighted by molar-refractivity contribution is 5.44. The largest absolute Gasteiger partial charge is 0.304 e. The summed E-state index contributed by atoms with van der Waals surface area (Å²) >= 11 is 0. The molecule has 0 radical (unpaired) electrons. The summed E-state index contributed by atoms with van der Waals surface area (Å²) in [4.78, 5) is 8.81. The SMILES string of the molecule is CC.CC12CCCC1C1CCC3CCCCC3(C)C1CC2.CC=O. The smallest absolute Gasteiger partial charge is 0.116 e. The molecule has 0 N–H and O–H groups in total. The molecule has 0 aliphatic heterocycles. The van der Waals surface area contributed by atoms with Gasteiger partial charge in [0.25, 0.3) is 0 Å². The van der Waals surface area contributed by atoms with Gasteiger partial charge in [-0.15, -0.1) is 0 Å².